The number of unbranched alkanes of at least 4 members (excludes halogenated alkanes) is 6. The molecule has 1 saturated carbocycles. The molecule has 3 heteroatoms. The Balaban J connectivity index is 1.66. The molecule has 1 aliphatic rings. The van der Waals surface area contributed by atoms with Gasteiger partial charge in [-0.2, -0.15) is 10.5 Å². The van der Waals surface area contributed by atoms with Crippen LogP contribution in [-0.4, -0.2) is 6.61 Å². The van der Waals surface area contributed by atoms with Crippen molar-refractivity contribution in [3.05, 3.63) is 53.1 Å². The van der Waals surface area contributed by atoms with Gasteiger partial charge in [0, 0.05) is 5.56 Å². The molecule has 35 heavy (non-hydrogen) atoms. The summed E-state index contributed by atoms with van der Waals surface area (Å²) in [6.07, 6.45) is 16.3. The maximum absolute atomic E-state index is 10.0. The van der Waals surface area contributed by atoms with E-state index in [2.05, 4.69) is 32.1 Å². The van der Waals surface area contributed by atoms with Crippen molar-refractivity contribution in [3.63, 3.8) is 0 Å². The highest BCUT2D eigenvalue weighted by molar-refractivity contribution is 5.75. The summed E-state index contributed by atoms with van der Waals surface area (Å²) in [7, 11) is 0. The lowest BCUT2D eigenvalue weighted by Crippen LogP contribution is -2.15. The molecule has 1 aliphatic carbocycles. The first kappa shape index (κ1) is 26.8. The summed E-state index contributed by atoms with van der Waals surface area (Å²) < 4.78 is 5.83. The van der Waals surface area contributed by atoms with Crippen LogP contribution in [-0.2, 0) is 0 Å². The van der Waals surface area contributed by atoms with E-state index in [9.17, 15) is 10.5 Å². The van der Waals surface area contributed by atoms with Gasteiger partial charge in [0.15, 0.2) is 0 Å². The number of hydrogen-bond donors (Lipinski definition) is 0. The van der Waals surface area contributed by atoms with E-state index in [0.29, 0.717) is 17.0 Å². The average molecular weight is 471 g/mol. The second kappa shape index (κ2) is 14.6. The van der Waals surface area contributed by atoms with Crippen LogP contribution < -0.4 is 4.74 Å². The van der Waals surface area contributed by atoms with Crippen LogP contribution in [0, 0.1) is 28.6 Å². The third kappa shape index (κ3) is 7.60. The van der Waals surface area contributed by atoms with Crippen molar-refractivity contribution in [2.75, 3.05) is 6.61 Å². The molecular formula is C32H42N2O. The van der Waals surface area contributed by atoms with E-state index in [4.69, 9.17) is 4.74 Å². The SMILES string of the molecule is CCCCCCC[C@H]1CC[C@H](c2ccc(-c3ccc(OCCCCC)cc3)c(C#N)c2C#N)CC1. The monoisotopic (exact) mass is 470 g/mol. The van der Waals surface area contributed by atoms with Gasteiger partial charge in [-0.1, -0.05) is 89.5 Å². The van der Waals surface area contributed by atoms with Crippen LogP contribution in [0.3, 0.4) is 0 Å². The van der Waals surface area contributed by atoms with Crippen molar-refractivity contribution >= 4 is 0 Å². The fourth-order valence-electron chi connectivity index (χ4n) is 5.51. The van der Waals surface area contributed by atoms with Crippen molar-refractivity contribution in [2.24, 2.45) is 5.92 Å². The van der Waals surface area contributed by atoms with Crippen LogP contribution in [0.2, 0.25) is 0 Å². The predicted molar refractivity (Wildman–Crippen MR) is 144 cm³/mol. The third-order valence-electron chi connectivity index (χ3n) is 7.65. The Bertz CT molecular complexity index is 988. The summed E-state index contributed by atoms with van der Waals surface area (Å²) in [5.41, 5.74) is 3.96. The molecule has 3 rings (SSSR count). The van der Waals surface area contributed by atoms with Crippen LogP contribution in [0.1, 0.15) is 120 Å². The van der Waals surface area contributed by atoms with Crippen LogP contribution in [0.15, 0.2) is 36.4 Å². The summed E-state index contributed by atoms with van der Waals surface area (Å²) >= 11 is 0. The summed E-state index contributed by atoms with van der Waals surface area (Å²) in [6.45, 7) is 5.18. The highest BCUT2D eigenvalue weighted by Crippen LogP contribution is 2.41. The summed E-state index contributed by atoms with van der Waals surface area (Å²) in [5, 5.41) is 20.0. The zero-order valence-corrected chi connectivity index (χ0v) is 21.8. The molecule has 0 radical (unpaired) electrons. The standard InChI is InChI=1S/C32H42N2O/c1-3-5-7-8-9-11-25-12-14-26(15-13-25)29-20-21-30(32(24-34)31(29)23-33)27-16-18-28(19-17-27)35-22-10-6-4-2/h16-21,25-26H,3-15,22H2,1-2H3/t25-,26-. The van der Waals surface area contributed by atoms with Crippen molar-refractivity contribution in [1.82, 2.24) is 0 Å². The maximum Gasteiger partial charge on any atom is 0.119 e. The number of hydrogen-bond acceptors (Lipinski definition) is 3. The predicted octanol–water partition coefficient (Wildman–Crippen LogP) is 9.30. The minimum Gasteiger partial charge on any atom is -0.494 e. The van der Waals surface area contributed by atoms with Crippen molar-refractivity contribution in [1.29, 1.82) is 10.5 Å². The Kier molecular flexibility index (Phi) is 11.2. The normalized spacial score (nSPS) is 17.5. The van der Waals surface area contributed by atoms with E-state index in [1.54, 1.807) is 0 Å². The van der Waals surface area contributed by atoms with Gasteiger partial charge in [0.1, 0.15) is 17.9 Å². The van der Waals surface area contributed by atoms with Crippen LogP contribution >= 0.6 is 0 Å². The zero-order valence-electron chi connectivity index (χ0n) is 21.8. The Morgan fingerprint density at radius 1 is 0.743 bits per heavy atom. The van der Waals surface area contributed by atoms with Crippen LogP contribution in [0.25, 0.3) is 11.1 Å². The van der Waals surface area contributed by atoms with Crippen molar-refractivity contribution in [3.8, 4) is 29.0 Å². The van der Waals surface area contributed by atoms with Gasteiger partial charge in [0.25, 0.3) is 0 Å². The largest absolute Gasteiger partial charge is 0.494 e. The zero-order chi connectivity index (χ0) is 24.9. The smallest absolute Gasteiger partial charge is 0.119 e. The van der Waals surface area contributed by atoms with E-state index >= 15 is 0 Å². The second-order valence-electron chi connectivity index (χ2n) is 10.2. The molecule has 1 fully saturated rings. The molecule has 0 unspecified atom stereocenters. The van der Waals surface area contributed by atoms with Gasteiger partial charge >= 0.3 is 0 Å². The topological polar surface area (TPSA) is 56.8 Å². The van der Waals surface area contributed by atoms with E-state index in [1.807, 2.05) is 30.3 Å². The second-order valence-corrected chi connectivity index (χ2v) is 10.2. The summed E-state index contributed by atoms with van der Waals surface area (Å²) in [6, 6.07) is 16.8. The van der Waals surface area contributed by atoms with Gasteiger partial charge < -0.3 is 4.74 Å². The molecule has 0 saturated heterocycles. The molecule has 0 N–H and O–H groups in total. The Labute approximate surface area is 213 Å². The number of nitrogens with zero attached hydrogens (tertiary/aromatic N) is 2. The average Bonchev–Trinajstić information content (AvgIpc) is 2.91. The van der Waals surface area contributed by atoms with Crippen LogP contribution in [0.4, 0.5) is 0 Å². The lowest BCUT2D eigenvalue weighted by atomic mass is 9.75. The molecule has 0 heterocycles. The molecule has 3 nitrogen and oxygen atoms in total. The number of rotatable bonds is 13. The molecule has 2 aromatic rings. The van der Waals surface area contributed by atoms with E-state index in [-0.39, 0.29) is 0 Å². The minimum atomic E-state index is 0.390. The van der Waals surface area contributed by atoms with E-state index < -0.39 is 0 Å². The van der Waals surface area contributed by atoms with Crippen molar-refractivity contribution < 1.29 is 4.74 Å². The van der Waals surface area contributed by atoms with E-state index in [0.717, 1.165) is 54.2 Å². The lowest BCUT2D eigenvalue weighted by Gasteiger charge is -2.29. The molecule has 0 amide bonds. The summed E-state index contributed by atoms with van der Waals surface area (Å²) in [5.74, 6) is 2.07. The third-order valence-corrected chi connectivity index (χ3v) is 7.65. The molecule has 0 bridgehead atoms. The van der Waals surface area contributed by atoms with Gasteiger partial charge in [0.05, 0.1) is 17.7 Å². The minimum absolute atomic E-state index is 0.390. The fourth-order valence-corrected chi connectivity index (χ4v) is 5.51. The first-order chi connectivity index (χ1) is 17.2. The highest BCUT2D eigenvalue weighted by atomic mass is 16.5. The Morgan fingerprint density at radius 2 is 1.40 bits per heavy atom. The number of nitriles is 2. The first-order valence-electron chi connectivity index (χ1n) is 13.9. The van der Waals surface area contributed by atoms with Crippen molar-refractivity contribution in [2.45, 2.75) is 103 Å². The Morgan fingerprint density at radius 3 is 2.06 bits per heavy atom. The summed E-state index contributed by atoms with van der Waals surface area (Å²) in [4.78, 5) is 0. The van der Waals surface area contributed by atoms with Gasteiger partial charge in [-0.25, -0.2) is 0 Å². The fraction of sp³-hybridized carbons (Fsp3) is 0.562. The highest BCUT2D eigenvalue weighted by Gasteiger charge is 2.26. The molecule has 0 spiro atoms. The quantitative estimate of drug-likeness (QED) is 0.274. The molecule has 186 valence electrons. The van der Waals surface area contributed by atoms with Gasteiger partial charge in [-0.15, -0.1) is 0 Å². The molecular weight excluding hydrogens is 428 g/mol. The molecule has 0 atom stereocenters. The van der Waals surface area contributed by atoms with Crippen LogP contribution in [0.5, 0.6) is 5.75 Å². The maximum atomic E-state index is 10.0. The lowest BCUT2D eigenvalue weighted by molar-refractivity contribution is 0.301. The first-order valence-corrected chi connectivity index (χ1v) is 13.9. The number of ether oxygens (including phenoxy) is 1. The number of benzene rings is 2. The van der Waals surface area contributed by atoms with E-state index in [1.165, 1.54) is 64.2 Å². The molecule has 0 aromatic heterocycles. The Hall–Kier alpha value is -2.78. The van der Waals surface area contributed by atoms with Gasteiger partial charge in [0.2, 0.25) is 0 Å². The van der Waals surface area contributed by atoms with Gasteiger partial charge in [-0.05, 0) is 67.2 Å². The molecule has 0 aliphatic heterocycles. The molecule has 2 aromatic carbocycles. The van der Waals surface area contributed by atoms with Gasteiger partial charge in [-0.3, -0.25) is 0 Å².